The molecule has 0 saturated carbocycles. The van der Waals surface area contributed by atoms with Gasteiger partial charge in [-0.1, -0.05) is 0 Å². The number of hydrogen-bond acceptors (Lipinski definition) is 3. The molecule has 0 spiro atoms. The first kappa shape index (κ1) is 8.99. The number of carboxylic acid groups (broad SMARTS) is 1. The highest BCUT2D eigenvalue weighted by Gasteiger charge is 2.01. The summed E-state index contributed by atoms with van der Waals surface area (Å²) in [6.45, 7) is 0.491. The lowest BCUT2D eigenvalue weighted by Crippen LogP contribution is -2.03. The van der Waals surface area contributed by atoms with Crippen LogP contribution < -0.4 is 0 Å². The summed E-state index contributed by atoms with van der Waals surface area (Å²) in [4.78, 5) is 13.8. The average molecular weight is 190 g/mol. The molecular formula is C6H8ClN3O2. The Labute approximate surface area is 74.0 Å². The summed E-state index contributed by atoms with van der Waals surface area (Å²) in [5.41, 5.74) is 0. The molecule has 1 rings (SSSR count). The SMILES string of the molecule is O=C(O)CCCn1ncnc1Cl. The molecule has 0 amide bonds. The van der Waals surface area contributed by atoms with E-state index in [-0.39, 0.29) is 6.42 Å². The maximum absolute atomic E-state index is 10.1. The largest absolute Gasteiger partial charge is 0.481 e. The Morgan fingerprint density at radius 3 is 3.00 bits per heavy atom. The van der Waals surface area contributed by atoms with Crippen LogP contribution in [0.4, 0.5) is 0 Å². The number of carboxylic acids is 1. The first-order valence-electron chi connectivity index (χ1n) is 3.45. The van der Waals surface area contributed by atoms with E-state index in [1.165, 1.54) is 11.0 Å². The van der Waals surface area contributed by atoms with Gasteiger partial charge in [0, 0.05) is 13.0 Å². The molecule has 1 heterocycles. The minimum Gasteiger partial charge on any atom is -0.481 e. The number of halogens is 1. The highest BCUT2D eigenvalue weighted by Crippen LogP contribution is 2.03. The van der Waals surface area contributed by atoms with Crippen molar-refractivity contribution in [3.63, 3.8) is 0 Å². The predicted octanol–water partition coefficient (Wildman–Crippen LogP) is 0.796. The summed E-state index contributed by atoms with van der Waals surface area (Å²) in [5.74, 6) is -0.814. The minimum atomic E-state index is -0.814. The predicted molar refractivity (Wildman–Crippen MR) is 41.9 cm³/mol. The summed E-state index contributed by atoms with van der Waals surface area (Å²) >= 11 is 5.60. The third-order valence-corrected chi connectivity index (χ3v) is 1.62. The Morgan fingerprint density at radius 2 is 2.50 bits per heavy atom. The highest BCUT2D eigenvalue weighted by molar-refractivity contribution is 6.28. The molecule has 66 valence electrons. The van der Waals surface area contributed by atoms with Crippen LogP contribution in [0.1, 0.15) is 12.8 Å². The van der Waals surface area contributed by atoms with Crippen LogP contribution >= 0.6 is 11.6 Å². The molecule has 0 atom stereocenters. The monoisotopic (exact) mass is 189 g/mol. The Morgan fingerprint density at radius 1 is 1.75 bits per heavy atom. The van der Waals surface area contributed by atoms with E-state index in [4.69, 9.17) is 16.7 Å². The van der Waals surface area contributed by atoms with Gasteiger partial charge in [-0.2, -0.15) is 5.10 Å². The molecule has 1 aromatic heterocycles. The maximum Gasteiger partial charge on any atom is 0.303 e. The van der Waals surface area contributed by atoms with Crippen LogP contribution in [0.3, 0.4) is 0 Å². The van der Waals surface area contributed by atoms with Crippen LogP contribution in [0.15, 0.2) is 6.33 Å². The third-order valence-electron chi connectivity index (χ3n) is 1.33. The van der Waals surface area contributed by atoms with E-state index in [9.17, 15) is 4.79 Å². The zero-order chi connectivity index (χ0) is 8.97. The van der Waals surface area contributed by atoms with Gasteiger partial charge in [0.05, 0.1) is 0 Å². The van der Waals surface area contributed by atoms with Crippen molar-refractivity contribution in [2.24, 2.45) is 0 Å². The molecule has 0 saturated heterocycles. The van der Waals surface area contributed by atoms with Crippen LogP contribution in [-0.2, 0) is 11.3 Å². The summed E-state index contributed by atoms with van der Waals surface area (Å²) in [7, 11) is 0. The van der Waals surface area contributed by atoms with E-state index in [1.807, 2.05) is 0 Å². The van der Waals surface area contributed by atoms with Gasteiger partial charge in [-0.15, -0.1) is 0 Å². The van der Waals surface area contributed by atoms with Gasteiger partial charge in [0.15, 0.2) is 0 Å². The van der Waals surface area contributed by atoms with Crippen LogP contribution in [-0.4, -0.2) is 25.8 Å². The van der Waals surface area contributed by atoms with Crippen molar-refractivity contribution in [2.75, 3.05) is 0 Å². The second kappa shape index (κ2) is 4.06. The second-order valence-electron chi connectivity index (χ2n) is 2.25. The van der Waals surface area contributed by atoms with Crippen molar-refractivity contribution in [1.29, 1.82) is 0 Å². The third kappa shape index (κ3) is 2.50. The molecule has 0 unspecified atom stereocenters. The van der Waals surface area contributed by atoms with Crippen molar-refractivity contribution < 1.29 is 9.90 Å². The topological polar surface area (TPSA) is 68.0 Å². The Bertz CT molecular complexity index is 274. The zero-order valence-corrected chi connectivity index (χ0v) is 7.03. The molecule has 0 aliphatic rings. The number of hydrogen-bond donors (Lipinski definition) is 1. The first-order chi connectivity index (χ1) is 5.70. The molecule has 0 aliphatic carbocycles. The van der Waals surface area contributed by atoms with Crippen LogP contribution in [0.2, 0.25) is 5.28 Å². The van der Waals surface area contributed by atoms with Gasteiger partial charge >= 0.3 is 5.97 Å². The Kier molecular flexibility index (Phi) is 3.04. The van der Waals surface area contributed by atoms with Crippen molar-refractivity contribution >= 4 is 17.6 Å². The number of aryl methyl sites for hydroxylation is 1. The minimum absolute atomic E-state index is 0.121. The van der Waals surface area contributed by atoms with Crippen LogP contribution in [0, 0.1) is 0 Å². The quantitative estimate of drug-likeness (QED) is 0.761. The lowest BCUT2D eigenvalue weighted by molar-refractivity contribution is -0.137. The zero-order valence-electron chi connectivity index (χ0n) is 6.27. The van der Waals surface area contributed by atoms with Gasteiger partial charge in [-0.25, -0.2) is 9.67 Å². The van der Waals surface area contributed by atoms with E-state index >= 15 is 0 Å². The number of nitrogens with zero attached hydrogens (tertiary/aromatic N) is 3. The molecule has 0 fully saturated rings. The van der Waals surface area contributed by atoms with E-state index in [2.05, 4.69) is 10.1 Å². The summed E-state index contributed by atoms with van der Waals surface area (Å²) in [5, 5.41) is 12.4. The van der Waals surface area contributed by atoms with E-state index in [1.54, 1.807) is 0 Å². The van der Waals surface area contributed by atoms with Crippen molar-refractivity contribution in [3.05, 3.63) is 11.6 Å². The molecule has 0 aromatic carbocycles. The molecule has 6 heteroatoms. The Hall–Kier alpha value is -1.10. The number of aromatic nitrogens is 3. The van der Waals surface area contributed by atoms with Crippen LogP contribution in [0.5, 0.6) is 0 Å². The fourth-order valence-electron chi connectivity index (χ4n) is 0.780. The lowest BCUT2D eigenvalue weighted by Gasteiger charge is -1.98. The van der Waals surface area contributed by atoms with Gasteiger partial charge < -0.3 is 5.11 Å². The van der Waals surface area contributed by atoms with E-state index in [0.717, 1.165) is 0 Å². The van der Waals surface area contributed by atoms with E-state index < -0.39 is 5.97 Å². The lowest BCUT2D eigenvalue weighted by atomic mass is 10.3. The molecule has 1 aromatic rings. The number of rotatable bonds is 4. The first-order valence-corrected chi connectivity index (χ1v) is 3.83. The highest BCUT2D eigenvalue weighted by atomic mass is 35.5. The molecule has 1 N–H and O–H groups in total. The smallest absolute Gasteiger partial charge is 0.303 e. The van der Waals surface area contributed by atoms with E-state index in [0.29, 0.717) is 18.2 Å². The van der Waals surface area contributed by atoms with Gasteiger partial charge in [0.1, 0.15) is 6.33 Å². The van der Waals surface area contributed by atoms with Gasteiger partial charge in [-0.3, -0.25) is 4.79 Å². The molecular weight excluding hydrogens is 182 g/mol. The average Bonchev–Trinajstić information content (AvgIpc) is 2.36. The fourth-order valence-corrected chi connectivity index (χ4v) is 0.952. The maximum atomic E-state index is 10.1. The number of carbonyl (C=O) groups is 1. The van der Waals surface area contributed by atoms with Crippen molar-refractivity contribution in [1.82, 2.24) is 14.8 Å². The van der Waals surface area contributed by atoms with Gasteiger partial charge in [0.2, 0.25) is 5.28 Å². The van der Waals surface area contributed by atoms with Crippen molar-refractivity contribution in [2.45, 2.75) is 19.4 Å². The molecule has 0 aliphatic heterocycles. The van der Waals surface area contributed by atoms with Crippen molar-refractivity contribution in [3.8, 4) is 0 Å². The molecule has 5 nitrogen and oxygen atoms in total. The normalized spacial score (nSPS) is 10.1. The molecule has 12 heavy (non-hydrogen) atoms. The fraction of sp³-hybridized carbons (Fsp3) is 0.500. The van der Waals surface area contributed by atoms with Gasteiger partial charge in [-0.05, 0) is 18.0 Å². The standard InChI is InChI=1S/C6H8ClN3O2/c7-6-8-4-9-10(6)3-1-2-5(11)12/h4H,1-3H2,(H,11,12). The molecule has 0 radical (unpaired) electrons. The summed E-state index contributed by atoms with van der Waals surface area (Å²) in [6.07, 6.45) is 1.97. The number of aliphatic carboxylic acids is 1. The van der Waals surface area contributed by atoms with Gasteiger partial charge in [0.25, 0.3) is 0 Å². The summed E-state index contributed by atoms with van der Waals surface area (Å²) < 4.78 is 1.46. The Balaban J connectivity index is 2.33. The second-order valence-corrected chi connectivity index (χ2v) is 2.59. The molecule has 0 bridgehead atoms. The van der Waals surface area contributed by atoms with Crippen LogP contribution in [0.25, 0.3) is 0 Å². The summed E-state index contributed by atoms with van der Waals surface area (Å²) in [6, 6.07) is 0.